The van der Waals surface area contributed by atoms with Crippen LogP contribution >= 0.6 is 0 Å². The molecule has 5 rings (SSSR count). The van der Waals surface area contributed by atoms with Crippen LogP contribution < -0.4 is 5.32 Å². The molecule has 84 heavy (non-hydrogen) atoms. The van der Waals surface area contributed by atoms with Gasteiger partial charge in [-0.05, 0) is 33.1 Å². The Morgan fingerprint density at radius 3 is 1.88 bits per heavy atom. The Bertz CT molecular complexity index is 2210. The summed E-state index contributed by atoms with van der Waals surface area (Å²) >= 11 is 0. The molecule has 478 valence electrons. The van der Waals surface area contributed by atoms with E-state index in [-0.39, 0.29) is 51.3 Å². The molecular weight excluding hydrogens is 1100 g/mol. The highest BCUT2D eigenvalue weighted by molar-refractivity contribution is 5.80. The second-order valence-electron chi connectivity index (χ2n) is 23.1. The highest BCUT2D eigenvalue weighted by Crippen LogP contribution is 2.39. The third-order valence-corrected chi connectivity index (χ3v) is 16.3. The van der Waals surface area contributed by atoms with Crippen LogP contribution in [0.1, 0.15) is 79.1 Å². The molecule has 0 aromatic rings. The highest BCUT2D eigenvalue weighted by Gasteiger charge is 2.53. The van der Waals surface area contributed by atoms with Crippen LogP contribution in [0.25, 0.3) is 0 Å². The zero-order chi connectivity index (χ0) is 61.9. The summed E-state index contributed by atoms with van der Waals surface area (Å²) in [4.78, 5) is 30.9. The molecular formula is C59H95N3O22. The zero-order valence-corrected chi connectivity index (χ0v) is 48.5. The van der Waals surface area contributed by atoms with E-state index in [2.05, 4.69) is 5.32 Å². The molecule has 0 spiro atoms. The van der Waals surface area contributed by atoms with Gasteiger partial charge >= 0.3 is 5.97 Å². The van der Waals surface area contributed by atoms with Gasteiger partial charge in [-0.2, -0.15) is 0 Å². The number of cyclic esters (lactones) is 1. The van der Waals surface area contributed by atoms with Crippen LogP contribution in [0.4, 0.5) is 0 Å². The van der Waals surface area contributed by atoms with Gasteiger partial charge in [0.15, 0.2) is 12.1 Å². The van der Waals surface area contributed by atoms with Crippen molar-refractivity contribution in [2.75, 3.05) is 52.5 Å². The average Bonchev–Trinajstić information content (AvgIpc) is 2.40. The third kappa shape index (κ3) is 21.3. The predicted molar refractivity (Wildman–Crippen MR) is 302 cm³/mol. The summed E-state index contributed by atoms with van der Waals surface area (Å²) in [5, 5.41) is 167. The Morgan fingerprint density at radius 1 is 0.655 bits per heavy atom. The highest BCUT2D eigenvalue weighted by atomic mass is 16.7. The van der Waals surface area contributed by atoms with Crippen molar-refractivity contribution in [3.8, 4) is 0 Å². The lowest BCUT2D eigenvalue weighted by Gasteiger charge is -2.48. The molecule has 4 fully saturated rings. The summed E-state index contributed by atoms with van der Waals surface area (Å²) in [6.07, 6.45) is -3.19. The van der Waals surface area contributed by atoms with Crippen molar-refractivity contribution in [1.29, 1.82) is 0 Å². The fourth-order valence-corrected chi connectivity index (χ4v) is 11.0. The maximum Gasteiger partial charge on any atom is 0.308 e. The van der Waals surface area contributed by atoms with Crippen molar-refractivity contribution in [3.05, 3.63) is 85.1 Å². The normalized spacial score (nSPS) is 44.8. The van der Waals surface area contributed by atoms with Crippen LogP contribution in [-0.2, 0) is 33.3 Å². The SMILES string of the molecule is CC1[C@H](C)OC(=O)C[C@H](O)C[C@H](O)CC[C@@H](O)[C@H](O)C[C@H](O)C[C@]2(O)C[C@H](O)C(C(=O)N3CCN(CCO)CC3)C(C[C@@H](OC3O[C@H](C)[C@@H](O)[C@H](NC[C@@]4(O)OC[C@@H](O)[C@H](O)[C@@H]4O)[C@@H]3O)/C=C/C=C/C=C/C=C/C=C/C=C/C=C/[C@H](C)[C@H]1O)O2. The number of ether oxygens (including phenoxy) is 5. The second-order valence-corrected chi connectivity index (χ2v) is 23.1. The fourth-order valence-electron chi connectivity index (χ4n) is 11.0. The summed E-state index contributed by atoms with van der Waals surface area (Å²) in [5.74, 6) is -8.28. The number of fused-ring (bicyclic) bond motifs is 2. The molecule has 0 aromatic heterocycles. The molecule has 23 atom stereocenters. The minimum atomic E-state index is -2.47. The molecule has 25 nitrogen and oxygen atoms in total. The minimum absolute atomic E-state index is 0.0956. The van der Waals surface area contributed by atoms with Gasteiger partial charge in [0, 0.05) is 70.2 Å². The van der Waals surface area contributed by atoms with E-state index in [0.717, 1.165) is 0 Å². The molecule has 0 aliphatic carbocycles. The summed E-state index contributed by atoms with van der Waals surface area (Å²) in [6.45, 7) is 7.01. The van der Waals surface area contributed by atoms with Gasteiger partial charge in [-0.1, -0.05) is 98.9 Å². The maximum atomic E-state index is 14.6. The van der Waals surface area contributed by atoms with Crippen molar-refractivity contribution < 1.29 is 110 Å². The van der Waals surface area contributed by atoms with Crippen LogP contribution in [0.15, 0.2) is 85.1 Å². The Labute approximate surface area is 491 Å². The van der Waals surface area contributed by atoms with Gasteiger partial charge < -0.3 is 110 Å². The van der Waals surface area contributed by atoms with Crippen molar-refractivity contribution in [2.24, 2.45) is 17.8 Å². The first-order chi connectivity index (χ1) is 39.8. The number of piperazine rings is 1. The van der Waals surface area contributed by atoms with Crippen LogP contribution in [0.3, 0.4) is 0 Å². The van der Waals surface area contributed by atoms with Gasteiger partial charge in [-0.25, -0.2) is 0 Å². The van der Waals surface area contributed by atoms with Crippen molar-refractivity contribution >= 4 is 11.9 Å². The fraction of sp³-hybridized carbons (Fsp3) is 0.729. The van der Waals surface area contributed by atoms with E-state index >= 15 is 0 Å². The number of nitrogens with zero attached hydrogens (tertiary/aromatic N) is 2. The van der Waals surface area contributed by atoms with Gasteiger partial charge in [0.25, 0.3) is 0 Å². The number of aliphatic hydroxyl groups is 15. The molecule has 1 amide bonds. The van der Waals surface area contributed by atoms with Crippen LogP contribution in [0.2, 0.25) is 0 Å². The second kappa shape index (κ2) is 34.1. The number of aliphatic hydroxyl groups excluding tert-OH is 13. The zero-order valence-electron chi connectivity index (χ0n) is 48.5. The first-order valence-corrected chi connectivity index (χ1v) is 29.2. The van der Waals surface area contributed by atoms with Crippen LogP contribution in [0.5, 0.6) is 0 Å². The molecule has 2 bridgehead atoms. The topological polar surface area (TPSA) is 402 Å². The number of hydrogen-bond donors (Lipinski definition) is 16. The van der Waals surface area contributed by atoms with Gasteiger partial charge in [0.05, 0.1) is 105 Å². The standard InChI is InChI=1S/C59H95N3O22/c1-35-17-15-13-11-9-7-5-6-8-10-12-14-16-18-42(83-57-54(75)50(52(73)38(4)82-57)60-34-59(79)55(76)53(74)46(70)33-80-59)30-47-49(56(77)62-23-21-61(22-24-62)25-26-63)45(69)32-58(78,84-47)31-41(66)28-44(68)43(67)20-19-39(64)27-40(65)29-48(71)81-37(3)36(2)51(35)72/h5-18,35-47,49-55,57,60,63-70,72-76,78-79H,19-34H2,1-4H3/b6-5+,9-7+,10-8+,13-11+,14-12+,17-15+,18-16+/t35-,36?,37-,38+,39+,40+,41-,42-,43+,44+,45-,46+,47?,49?,50-,51+,52+,53-,54-,55-,57?,58+,59+/m0/s1. The number of carbonyl (C=O) groups is 2. The Balaban J connectivity index is 1.44. The lowest BCUT2D eigenvalue weighted by atomic mass is 9.81. The summed E-state index contributed by atoms with van der Waals surface area (Å²) in [5.41, 5.74) is 0. The van der Waals surface area contributed by atoms with E-state index in [1.54, 1.807) is 86.8 Å². The average molecular weight is 1200 g/mol. The quantitative estimate of drug-likeness (QED) is 0.109. The molecule has 4 unspecified atom stereocenters. The Morgan fingerprint density at radius 2 is 1.26 bits per heavy atom. The van der Waals surface area contributed by atoms with Crippen molar-refractivity contribution in [2.45, 2.75) is 201 Å². The lowest BCUT2D eigenvalue weighted by molar-refractivity contribution is -0.323. The van der Waals surface area contributed by atoms with E-state index in [4.69, 9.17) is 23.7 Å². The molecule has 25 heteroatoms. The first-order valence-electron chi connectivity index (χ1n) is 29.2. The predicted octanol–water partition coefficient (Wildman–Crippen LogP) is -2.80. The van der Waals surface area contributed by atoms with E-state index in [1.165, 1.54) is 17.9 Å². The van der Waals surface area contributed by atoms with E-state index in [0.29, 0.717) is 19.6 Å². The van der Waals surface area contributed by atoms with E-state index in [9.17, 15) is 86.2 Å². The Kier molecular flexibility index (Phi) is 28.9. The number of amides is 1. The number of allylic oxidation sites excluding steroid dienone is 12. The summed E-state index contributed by atoms with van der Waals surface area (Å²) < 4.78 is 29.6. The van der Waals surface area contributed by atoms with E-state index < -0.39 is 184 Å². The summed E-state index contributed by atoms with van der Waals surface area (Å²) in [6, 6.07) is -1.35. The number of esters is 1. The summed E-state index contributed by atoms with van der Waals surface area (Å²) in [7, 11) is 0. The van der Waals surface area contributed by atoms with Gasteiger partial charge in [0.2, 0.25) is 11.7 Å². The molecule has 16 N–H and O–H groups in total. The molecule has 0 radical (unpaired) electrons. The Hall–Kier alpha value is -3.72. The molecule has 5 heterocycles. The van der Waals surface area contributed by atoms with Gasteiger partial charge in [0.1, 0.15) is 30.5 Å². The van der Waals surface area contributed by atoms with Crippen LogP contribution in [-0.4, -0.2) is 272 Å². The van der Waals surface area contributed by atoms with Gasteiger partial charge in [-0.15, -0.1) is 0 Å². The molecule has 5 aliphatic heterocycles. The minimum Gasteiger partial charge on any atom is -0.462 e. The van der Waals surface area contributed by atoms with Crippen molar-refractivity contribution in [3.63, 3.8) is 0 Å². The molecule has 4 saturated heterocycles. The molecule has 5 aliphatic rings. The number of hydrogen-bond acceptors (Lipinski definition) is 24. The number of β-amino-alcohol motifs (C(OH)–C–C–N with tert-alkyl or cyclic N) is 1. The molecule has 0 aromatic carbocycles. The van der Waals surface area contributed by atoms with Crippen molar-refractivity contribution in [1.82, 2.24) is 15.1 Å². The molecule has 0 saturated carbocycles. The van der Waals surface area contributed by atoms with Gasteiger partial charge in [-0.3, -0.25) is 14.5 Å². The first kappa shape index (κ1) is 71.0. The number of carbonyl (C=O) groups excluding carboxylic acids is 2. The largest absolute Gasteiger partial charge is 0.462 e. The van der Waals surface area contributed by atoms with Crippen LogP contribution in [0, 0.1) is 17.8 Å². The monoisotopic (exact) mass is 1200 g/mol. The lowest BCUT2D eigenvalue weighted by Crippen LogP contribution is -2.69. The number of rotatable bonds is 8. The third-order valence-electron chi connectivity index (χ3n) is 16.3. The maximum absolute atomic E-state index is 14.6. The van der Waals surface area contributed by atoms with E-state index in [1.807, 2.05) is 17.9 Å². The smallest absolute Gasteiger partial charge is 0.308 e. The number of nitrogens with one attached hydrogen (secondary N) is 1.